The topological polar surface area (TPSA) is 0 Å². The standard InChI is InChI=1S/3C37H28.3C2H6/c3*1-27-33(28-17-7-2-8-18-28)35(30-21-11-4-12-22-30)37(32-25-15-6-16-26-32)36(31-23-13-5-14-24-31)34(27)29-19-9-3-10-20-29;3*1-2/h3*2-26H,1H3;3*1-2H3. The maximum Gasteiger partial charge on any atom is -0.00141 e. The van der Waals surface area contributed by atoms with Crippen LogP contribution >= 0.6 is 0 Å². The molecular formula is C117H102. The lowest BCUT2D eigenvalue weighted by atomic mass is 9.76. The smallest absolute Gasteiger partial charge is 0.00141 e. The average Bonchev–Trinajstić information content (AvgIpc) is 0.738. The van der Waals surface area contributed by atoms with E-state index in [1.54, 1.807) is 0 Å². The minimum absolute atomic E-state index is 1.22. The molecule has 0 aliphatic rings. The Balaban J connectivity index is 0.000000148. The summed E-state index contributed by atoms with van der Waals surface area (Å²) in [6.07, 6.45) is 0. The molecule has 0 saturated heterocycles. The first kappa shape index (κ1) is 81.0. The zero-order valence-corrected chi connectivity index (χ0v) is 68.8. The van der Waals surface area contributed by atoms with Crippen LogP contribution < -0.4 is 0 Å². The Hall–Kier alpha value is -14.0. The van der Waals surface area contributed by atoms with Gasteiger partial charge < -0.3 is 0 Å². The van der Waals surface area contributed by atoms with Crippen molar-refractivity contribution in [2.24, 2.45) is 0 Å². The molecule has 0 aliphatic heterocycles. The van der Waals surface area contributed by atoms with Gasteiger partial charge in [-0.25, -0.2) is 0 Å². The summed E-state index contributed by atoms with van der Waals surface area (Å²) in [4.78, 5) is 0. The van der Waals surface area contributed by atoms with Crippen LogP contribution in [0.25, 0.3) is 167 Å². The van der Waals surface area contributed by atoms with Crippen molar-refractivity contribution in [3.63, 3.8) is 0 Å². The van der Waals surface area contributed by atoms with Crippen molar-refractivity contribution >= 4 is 0 Å². The van der Waals surface area contributed by atoms with Gasteiger partial charge in [-0.3, -0.25) is 0 Å². The highest BCUT2D eigenvalue weighted by atomic mass is 14.3. The summed E-state index contributed by atoms with van der Waals surface area (Å²) >= 11 is 0. The van der Waals surface area contributed by atoms with E-state index in [0.717, 1.165) is 0 Å². The third-order valence-electron chi connectivity index (χ3n) is 21.2. The van der Waals surface area contributed by atoms with Gasteiger partial charge in [0.05, 0.1) is 0 Å². The van der Waals surface area contributed by atoms with Crippen LogP contribution in [0.1, 0.15) is 58.2 Å². The fraction of sp³-hybridized carbons (Fsp3) is 0.0769. The second kappa shape index (κ2) is 40.6. The van der Waals surface area contributed by atoms with Crippen LogP contribution in [0.4, 0.5) is 0 Å². The van der Waals surface area contributed by atoms with Crippen molar-refractivity contribution in [3.05, 3.63) is 472 Å². The van der Waals surface area contributed by atoms with Crippen molar-refractivity contribution in [1.82, 2.24) is 0 Å². The Labute approximate surface area is 696 Å². The maximum absolute atomic E-state index is 2.29. The van der Waals surface area contributed by atoms with E-state index < -0.39 is 0 Å². The van der Waals surface area contributed by atoms with Gasteiger partial charge in [0.1, 0.15) is 0 Å². The van der Waals surface area contributed by atoms with Crippen LogP contribution in [0.2, 0.25) is 0 Å². The largest absolute Gasteiger partial charge is 0.0683 e. The second-order valence-electron chi connectivity index (χ2n) is 28.0. The summed E-state index contributed by atoms with van der Waals surface area (Å²) in [7, 11) is 0. The van der Waals surface area contributed by atoms with E-state index in [9.17, 15) is 0 Å². The van der Waals surface area contributed by atoms with Gasteiger partial charge in [0.2, 0.25) is 0 Å². The van der Waals surface area contributed by atoms with Crippen molar-refractivity contribution in [3.8, 4) is 167 Å². The minimum Gasteiger partial charge on any atom is -0.0683 e. The summed E-state index contributed by atoms with van der Waals surface area (Å²) in [5.74, 6) is 0. The van der Waals surface area contributed by atoms with Gasteiger partial charge in [0, 0.05) is 0 Å². The van der Waals surface area contributed by atoms with Crippen LogP contribution in [-0.4, -0.2) is 0 Å². The molecule has 0 bridgehead atoms. The molecule has 117 heavy (non-hydrogen) atoms. The lowest BCUT2D eigenvalue weighted by Crippen LogP contribution is -2.01. The predicted octanol–water partition coefficient (Wildman–Crippen LogP) is 34.1. The molecule has 0 aromatic heterocycles. The molecule has 0 N–H and O–H groups in total. The number of rotatable bonds is 15. The molecule has 0 amide bonds. The van der Waals surface area contributed by atoms with Gasteiger partial charge >= 0.3 is 0 Å². The van der Waals surface area contributed by atoms with E-state index in [2.05, 4.69) is 476 Å². The van der Waals surface area contributed by atoms with Crippen LogP contribution in [0.5, 0.6) is 0 Å². The Kier molecular flexibility index (Phi) is 28.1. The summed E-state index contributed by atoms with van der Waals surface area (Å²) < 4.78 is 0. The Morgan fingerprint density at radius 2 is 0.145 bits per heavy atom. The normalized spacial score (nSPS) is 10.4. The molecule has 18 aromatic carbocycles. The van der Waals surface area contributed by atoms with Gasteiger partial charge in [-0.1, -0.05) is 497 Å². The lowest BCUT2D eigenvalue weighted by molar-refractivity contribution is 1.43. The van der Waals surface area contributed by atoms with Gasteiger partial charge in [0.15, 0.2) is 0 Å². The highest BCUT2D eigenvalue weighted by molar-refractivity contribution is 6.13. The van der Waals surface area contributed by atoms with Crippen LogP contribution in [0.15, 0.2) is 455 Å². The molecule has 0 nitrogen and oxygen atoms in total. The summed E-state index contributed by atoms with van der Waals surface area (Å²) in [5.41, 5.74) is 41.3. The zero-order chi connectivity index (χ0) is 81.1. The molecule has 570 valence electrons. The molecule has 0 saturated carbocycles. The first-order valence-electron chi connectivity index (χ1n) is 41.4. The minimum atomic E-state index is 1.22. The molecule has 0 radical (unpaired) electrons. The molecule has 0 fully saturated rings. The van der Waals surface area contributed by atoms with Crippen LogP contribution in [-0.2, 0) is 0 Å². The highest BCUT2D eigenvalue weighted by Crippen LogP contribution is 2.56. The molecule has 0 heterocycles. The van der Waals surface area contributed by atoms with E-state index in [1.807, 2.05) is 41.5 Å². The van der Waals surface area contributed by atoms with E-state index >= 15 is 0 Å². The molecule has 0 heteroatoms. The molecule has 0 unspecified atom stereocenters. The molecule has 0 aliphatic carbocycles. The number of benzene rings is 18. The average molecular weight is 1510 g/mol. The zero-order valence-electron chi connectivity index (χ0n) is 68.8. The highest BCUT2D eigenvalue weighted by Gasteiger charge is 2.30. The van der Waals surface area contributed by atoms with E-state index in [0.29, 0.717) is 0 Å². The van der Waals surface area contributed by atoms with Gasteiger partial charge in [-0.15, -0.1) is 0 Å². The van der Waals surface area contributed by atoms with Crippen molar-refractivity contribution in [1.29, 1.82) is 0 Å². The Bertz CT molecular complexity index is 5150. The second-order valence-corrected chi connectivity index (χ2v) is 28.0. The lowest BCUT2D eigenvalue weighted by Gasteiger charge is -2.27. The van der Waals surface area contributed by atoms with Crippen molar-refractivity contribution in [2.45, 2.75) is 62.3 Å². The summed E-state index contributed by atoms with van der Waals surface area (Å²) in [6, 6.07) is 163. The molecule has 18 rings (SSSR count). The quantitative estimate of drug-likeness (QED) is 0.0960. The fourth-order valence-electron chi connectivity index (χ4n) is 16.5. The van der Waals surface area contributed by atoms with Gasteiger partial charge in [-0.05, 0) is 204 Å². The SMILES string of the molecule is CC.CC.CC.Cc1c(-c2ccccc2)c(-c2ccccc2)c(-c2ccccc2)c(-c2ccccc2)c1-c1ccccc1.Cc1c(-c2ccccc2)c(-c2ccccc2)c(-c2ccccc2)c(-c2ccccc2)c1-c1ccccc1.Cc1c(-c2ccccc2)c(-c2ccccc2)c(-c2ccccc2)c(-c2ccccc2)c1-c1ccccc1. The van der Waals surface area contributed by atoms with E-state index in [1.165, 1.54) is 184 Å². The van der Waals surface area contributed by atoms with Crippen LogP contribution in [0, 0.1) is 20.8 Å². The number of hydrogen-bond acceptors (Lipinski definition) is 0. The third-order valence-corrected chi connectivity index (χ3v) is 21.2. The Morgan fingerprint density at radius 3 is 0.222 bits per heavy atom. The first-order valence-corrected chi connectivity index (χ1v) is 41.4. The van der Waals surface area contributed by atoms with Gasteiger partial charge in [0.25, 0.3) is 0 Å². The van der Waals surface area contributed by atoms with Crippen molar-refractivity contribution < 1.29 is 0 Å². The molecule has 18 aromatic rings. The van der Waals surface area contributed by atoms with E-state index in [-0.39, 0.29) is 0 Å². The summed E-state index contributed by atoms with van der Waals surface area (Å²) in [6.45, 7) is 18.9. The van der Waals surface area contributed by atoms with Gasteiger partial charge in [-0.2, -0.15) is 0 Å². The first-order chi connectivity index (χ1) is 58.0. The monoisotopic (exact) mass is 1510 g/mol. The fourth-order valence-corrected chi connectivity index (χ4v) is 16.5. The van der Waals surface area contributed by atoms with Crippen molar-refractivity contribution in [2.75, 3.05) is 0 Å². The number of hydrogen-bond donors (Lipinski definition) is 0. The third kappa shape index (κ3) is 18.0. The predicted molar refractivity (Wildman–Crippen MR) is 509 cm³/mol. The summed E-state index contributed by atoms with van der Waals surface area (Å²) in [5, 5.41) is 0. The van der Waals surface area contributed by atoms with E-state index in [4.69, 9.17) is 0 Å². The molecule has 0 spiro atoms. The molecular weight excluding hydrogens is 1410 g/mol. The Morgan fingerprint density at radius 1 is 0.0855 bits per heavy atom. The molecule has 0 atom stereocenters. The van der Waals surface area contributed by atoms with Crippen LogP contribution in [0.3, 0.4) is 0 Å². The maximum atomic E-state index is 2.29.